The average molecular weight is 233 g/mol. The lowest BCUT2D eigenvalue weighted by Crippen LogP contribution is -2.11. The number of nitrogen functional groups attached to an aromatic ring is 1. The number of amides is 1. The fraction of sp³-hybridized carbons (Fsp3) is 0.0909. The van der Waals surface area contributed by atoms with Crippen molar-refractivity contribution in [3.63, 3.8) is 0 Å². The lowest BCUT2D eigenvalue weighted by molar-refractivity contribution is 0.103. The van der Waals surface area contributed by atoms with Crippen LogP contribution in [0.1, 0.15) is 15.2 Å². The van der Waals surface area contributed by atoms with Crippen LogP contribution >= 0.6 is 11.3 Å². The van der Waals surface area contributed by atoms with Crippen LogP contribution in [0.4, 0.5) is 11.4 Å². The first-order valence-electron chi connectivity index (χ1n) is 4.73. The predicted octanol–water partition coefficient (Wildman–Crippen LogP) is 2.29. The van der Waals surface area contributed by atoms with E-state index in [2.05, 4.69) is 10.3 Å². The van der Waals surface area contributed by atoms with E-state index in [4.69, 9.17) is 5.73 Å². The standard InChI is InChI=1S/C11H11N3OS/c1-7-8(12)3-2-4-9(7)14-11(15)10-5-13-6-16-10/h2-6H,12H2,1H3,(H,14,15). The van der Waals surface area contributed by atoms with Crippen LogP contribution in [0.15, 0.2) is 29.9 Å². The fourth-order valence-electron chi connectivity index (χ4n) is 1.30. The van der Waals surface area contributed by atoms with E-state index < -0.39 is 0 Å². The number of nitrogens with two attached hydrogens (primary N) is 1. The van der Waals surface area contributed by atoms with E-state index in [1.165, 1.54) is 11.3 Å². The summed E-state index contributed by atoms with van der Waals surface area (Å²) < 4.78 is 0. The van der Waals surface area contributed by atoms with Gasteiger partial charge in [0.15, 0.2) is 0 Å². The Morgan fingerprint density at radius 3 is 3.00 bits per heavy atom. The van der Waals surface area contributed by atoms with Gasteiger partial charge in [-0.05, 0) is 24.6 Å². The molecule has 82 valence electrons. The third-order valence-corrected chi connectivity index (χ3v) is 3.05. The molecular weight excluding hydrogens is 222 g/mol. The molecule has 0 aliphatic carbocycles. The number of thiazole rings is 1. The molecule has 16 heavy (non-hydrogen) atoms. The Morgan fingerprint density at radius 1 is 1.50 bits per heavy atom. The molecule has 2 rings (SSSR count). The van der Waals surface area contributed by atoms with Crippen molar-refractivity contribution in [3.8, 4) is 0 Å². The van der Waals surface area contributed by atoms with Gasteiger partial charge >= 0.3 is 0 Å². The molecule has 2 aromatic rings. The molecule has 0 atom stereocenters. The number of hydrogen-bond acceptors (Lipinski definition) is 4. The van der Waals surface area contributed by atoms with Crippen LogP contribution in [0.5, 0.6) is 0 Å². The molecule has 0 saturated carbocycles. The van der Waals surface area contributed by atoms with Gasteiger partial charge in [0.25, 0.3) is 5.91 Å². The molecule has 0 fully saturated rings. The first-order chi connectivity index (χ1) is 7.68. The van der Waals surface area contributed by atoms with Crippen LogP contribution in [0, 0.1) is 6.92 Å². The second-order valence-electron chi connectivity index (χ2n) is 3.34. The summed E-state index contributed by atoms with van der Waals surface area (Å²) in [4.78, 5) is 16.2. The Balaban J connectivity index is 2.22. The summed E-state index contributed by atoms with van der Waals surface area (Å²) >= 11 is 1.31. The highest BCUT2D eigenvalue weighted by atomic mass is 32.1. The molecule has 1 amide bonds. The highest BCUT2D eigenvalue weighted by Gasteiger charge is 2.09. The third-order valence-electron chi connectivity index (χ3n) is 2.28. The number of anilines is 2. The molecule has 1 aromatic carbocycles. The lowest BCUT2D eigenvalue weighted by atomic mass is 10.1. The molecule has 0 spiro atoms. The van der Waals surface area contributed by atoms with Gasteiger partial charge in [0.1, 0.15) is 4.88 Å². The molecule has 0 aliphatic rings. The van der Waals surface area contributed by atoms with Crippen molar-refractivity contribution in [2.24, 2.45) is 0 Å². The summed E-state index contributed by atoms with van der Waals surface area (Å²) in [5, 5.41) is 2.80. The Bertz CT molecular complexity index is 508. The maximum absolute atomic E-state index is 11.8. The first kappa shape index (κ1) is 10.6. The number of nitrogens with one attached hydrogen (secondary N) is 1. The number of hydrogen-bond donors (Lipinski definition) is 2. The van der Waals surface area contributed by atoms with Gasteiger partial charge in [-0.3, -0.25) is 9.78 Å². The number of benzene rings is 1. The van der Waals surface area contributed by atoms with Crippen molar-refractivity contribution < 1.29 is 4.79 Å². The topological polar surface area (TPSA) is 68.0 Å². The molecule has 3 N–H and O–H groups in total. The number of carbonyl (C=O) groups is 1. The van der Waals surface area contributed by atoms with Gasteiger partial charge in [0, 0.05) is 11.4 Å². The van der Waals surface area contributed by atoms with Gasteiger partial charge in [0.05, 0.1) is 11.7 Å². The second kappa shape index (κ2) is 4.32. The van der Waals surface area contributed by atoms with Gasteiger partial charge in [-0.15, -0.1) is 11.3 Å². The van der Waals surface area contributed by atoms with Crippen molar-refractivity contribution in [3.05, 3.63) is 40.3 Å². The minimum atomic E-state index is -0.156. The van der Waals surface area contributed by atoms with E-state index in [1.807, 2.05) is 19.1 Å². The zero-order valence-electron chi connectivity index (χ0n) is 8.73. The van der Waals surface area contributed by atoms with Crippen LogP contribution in [0.3, 0.4) is 0 Å². The second-order valence-corrected chi connectivity index (χ2v) is 4.23. The minimum absolute atomic E-state index is 0.156. The number of carbonyl (C=O) groups excluding carboxylic acids is 1. The quantitative estimate of drug-likeness (QED) is 0.782. The Labute approximate surface area is 97.1 Å². The number of nitrogens with zero attached hydrogens (tertiary/aromatic N) is 1. The molecule has 0 unspecified atom stereocenters. The van der Waals surface area contributed by atoms with Crippen molar-refractivity contribution in [1.82, 2.24) is 4.98 Å². The summed E-state index contributed by atoms with van der Waals surface area (Å²) in [6.07, 6.45) is 1.54. The molecule has 1 aromatic heterocycles. The Kier molecular flexibility index (Phi) is 2.87. The summed E-state index contributed by atoms with van der Waals surface area (Å²) in [5.41, 5.74) is 9.66. The van der Waals surface area contributed by atoms with Gasteiger partial charge in [-0.2, -0.15) is 0 Å². The zero-order chi connectivity index (χ0) is 11.5. The summed E-state index contributed by atoms with van der Waals surface area (Å²) in [6, 6.07) is 5.44. The monoisotopic (exact) mass is 233 g/mol. The minimum Gasteiger partial charge on any atom is -0.398 e. The van der Waals surface area contributed by atoms with Gasteiger partial charge < -0.3 is 11.1 Å². The highest BCUT2D eigenvalue weighted by Crippen LogP contribution is 2.21. The van der Waals surface area contributed by atoms with Crippen molar-refractivity contribution in [2.45, 2.75) is 6.92 Å². The molecule has 0 aliphatic heterocycles. The normalized spacial score (nSPS) is 10.1. The van der Waals surface area contributed by atoms with Crippen molar-refractivity contribution >= 4 is 28.6 Å². The summed E-state index contributed by atoms with van der Waals surface area (Å²) in [7, 11) is 0. The largest absolute Gasteiger partial charge is 0.398 e. The summed E-state index contributed by atoms with van der Waals surface area (Å²) in [6.45, 7) is 1.87. The molecule has 0 saturated heterocycles. The van der Waals surface area contributed by atoms with Gasteiger partial charge in [0.2, 0.25) is 0 Å². The maximum Gasteiger partial charge on any atom is 0.267 e. The van der Waals surface area contributed by atoms with Crippen LogP contribution in [0.25, 0.3) is 0 Å². The van der Waals surface area contributed by atoms with E-state index >= 15 is 0 Å². The fourth-order valence-corrected chi connectivity index (χ4v) is 1.82. The van der Waals surface area contributed by atoms with Crippen LogP contribution in [-0.4, -0.2) is 10.9 Å². The predicted molar refractivity (Wildman–Crippen MR) is 65.7 cm³/mol. The maximum atomic E-state index is 11.8. The molecular formula is C11H11N3OS. The molecule has 0 radical (unpaired) electrons. The molecule has 4 nitrogen and oxygen atoms in total. The average Bonchev–Trinajstić information content (AvgIpc) is 2.78. The van der Waals surface area contributed by atoms with E-state index in [0.717, 1.165) is 11.3 Å². The van der Waals surface area contributed by atoms with E-state index in [1.54, 1.807) is 17.8 Å². The van der Waals surface area contributed by atoms with E-state index in [9.17, 15) is 4.79 Å². The third kappa shape index (κ3) is 2.04. The van der Waals surface area contributed by atoms with E-state index in [0.29, 0.717) is 10.6 Å². The smallest absolute Gasteiger partial charge is 0.267 e. The van der Waals surface area contributed by atoms with Crippen LogP contribution in [-0.2, 0) is 0 Å². The van der Waals surface area contributed by atoms with Gasteiger partial charge in [-0.1, -0.05) is 6.07 Å². The van der Waals surface area contributed by atoms with Crippen LogP contribution < -0.4 is 11.1 Å². The zero-order valence-corrected chi connectivity index (χ0v) is 9.54. The van der Waals surface area contributed by atoms with E-state index in [-0.39, 0.29) is 5.91 Å². The van der Waals surface area contributed by atoms with Crippen molar-refractivity contribution in [2.75, 3.05) is 11.1 Å². The molecule has 1 heterocycles. The highest BCUT2D eigenvalue weighted by molar-refractivity contribution is 7.11. The first-order valence-corrected chi connectivity index (χ1v) is 5.61. The Hall–Kier alpha value is -1.88. The lowest BCUT2D eigenvalue weighted by Gasteiger charge is -2.08. The molecule has 0 bridgehead atoms. The van der Waals surface area contributed by atoms with Crippen molar-refractivity contribution in [1.29, 1.82) is 0 Å². The Morgan fingerprint density at radius 2 is 2.31 bits per heavy atom. The van der Waals surface area contributed by atoms with Crippen LogP contribution in [0.2, 0.25) is 0 Å². The summed E-state index contributed by atoms with van der Waals surface area (Å²) in [5.74, 6) is -0.156. The van der Waals surface area contributed by atoms with Gasteiger partial charge in [-0.25, -0.2) is 0 Å². The number of rotatable bonds is 2. The molecule has 5 heteroatoms. The number of aromatic nitrogens is 1. The SMILES string of the molecule is Cc1c(N)cccc1NC(=O)c1cncs1.